The molecule has 0 atom stereocenters. The second-order valence-corrected chi connectivity index (χ2v) is 3.46. The fraction of sp³-hybridized carbons (Fsp3) is 0.417. The minimum atomic E-state index is -0.222. The summed E-state index contributed by atoms with van der Waals surface area (Å²) in [5, 5.41) is 5.28. The average molecular weight is 238 g/mol. The molecule has 0 bridgehead atoms. The van der Waals surface area contributed by atoms with E-state index in [0.29, 0.717) is 6.54 Å². The lowest BCUT2D eigenvalue weighted by Crippen LogP contribution is -2.37. The van der Waals surface area contributed by atoms with Gasteiger partial charge in [0.15, 0.2) is 0 Å². The first-order valence-corrected chi connectivity index (χ1v) is 5.40. The highest BCUT2D eigenvalue weighted by atomic mass is 16.5. The summed E-state index contributed by atoms with van der Waals surface area (Å²) in [5.74, 6) is 0.833. The van der Waals surface area contributed by atoms with Crippen molar-refractivity contribution in [3.8, 4) is 5.75 Å². The van der Waals surface area contributed by atoms with E-state index in [-0.39, 0.29) is 12.8 Å². The van der Waals surface area contributed by atoms with Crippen LogP contribution in [0.5, 0.6) is 5.75 Å². The van der Waals surface area contributed by atoms with E-state index in [1.165, 1.54) is 7.11 Å². The van der Waals surface area contributed by atoms with Crippen molar-refractivity contribution < 1.29 is 14.3 Å². The number of methoxy groups -OCH3 is 2. The van der Waals surface area contributed by atoms with Crippen molar-refractivity contribution in [2.45, 2.75) is 6.42 Å². The number of hydrogen-bond donors (Lipinski definition) is 2. The maximum absolute atomic E-state index is 11.2. The molecule has 0 heterocycles. The Labute approximate surface area is 101 Å². The van der Waals surface area contributed by atoms with Crippen LogP contribution in [0.15, 0.2) is 24.3 Å². The molecule has 0 aromatic heterocycles. The van der Waals surface area contributed by atoms with Gasteiger partial charge >= 0.3 is 6.03 Å². The van der Waals surface area contributed by atoms with Gasteiger partial charge in [-0.1, -0.05) is 12.1 Å². The van der Waals surface area contributed by atoms with Crippen LogP contribution in [0.1, 0.15) is 5.56 Å². The van der Waals surface area contributed by atoms with Crippen LogP contribution in [0.2, 0.25) is 0 Å². The van der Waals surface area contributed by atoms with Gasteiger partial charge in [-0.15, -0.1) is 0 Å². The second kappa shape index (κ2) is 7.51. The number of rotatable bonds is 6. The van der Waals surface area contributed by atoms with Gasteiger partial charge in [0.05, 0.1) is 7.11 Å². The highest BCUT2D eigenvalue weighted by Gasteiger charge is 1.98. The Kier molecular flexibility index (Phi) is 5.88. The molecule has 1 rings (SSSR count). The van der Waals surface area contributed by atoms with Gasteiger partial charge in [0.2, 0.25) is 0 Å². The lowest BCUT2D eigenvalue weighted by atomic mass is 10.1. The van der Waals surface area contributed by atoms with Crippen molar-refractivity contribution in [3.63, 3.8) is 0 Å². The van der Waals surface area contributed by atoms with Crippen LogP contribution >= 0.6 is 0 Å². The summed E-state index contributed by atoms with van der Waals surface area (Å²) in [4.78, 5) is 11.2. The Hall–Kier alpha value is -1.75. The monoisotopic (exact) mass is 238 g/mol. The predicted octanol–water partition coefficient (Wildman–Crippen LogP) is 1.14. The van der Waals surface area contributed by atoms with Crippen molar-refractivity contribution in [1.82, 2.24) is 10.6 Å². The lowest BCUT2D eigenvalue weighted by molar-refractivity contribution is 0.172. The number of hydrogen-bond acceptors (Lipinski definition) is 3. The molecule has 1 aromatic carbocycles. The van der Waals surface area contributed by atoms with E-state index in [9.17, 15) is 4.79 Å². The zero-order valence-corrected chi connectivity index (χ0v) is 10.2. The Bertz CT molecular complexity index is 338. The molecular weight excluding hydrogens is 220 g/mol. The smallest absolute Gasteiger partial charge is 0.316 e. The van der Waals surface area contributed by atoms with Crippen LogP contribution < -0.4 is 15.4 Å². The quantitative estimate of drug-likeness (QED) is 0.731. The molecule has 0 unspecified atom stereocenters. The maximum atomic E-state index is 11.2. The first-order chi connectivity index (χ1) is 8.26. The lowest BCUT2D eigenvalue weighted by Gasteiger charge is -2.07. The number of urea groups is 1. The largest absolute Gasteiger partial charge is 0.497 e. The summed E-state index contributed by atoms with van der Waals surface area (Å²) in [7, 11) is 3.16. The molecule has 2 N–H and O–H groups in total. The number of ether oxygens (including phenoxy) is 2. The zero-order valence-electron chi connectivity index (χ0n) is 10.2. The fourth-order valence-corrected chi connectivity index (χ4v) is 1.31. The summed E-state index contributed by atoms with van der Waals surface area (Å²) >= 11 is 0. The fourth-order valence-electron chi connectivity index (χ4n) is 1.31. The molecule has 5 nitrogen and oxygen atoms in total. The Balaban J connectivity index is 2.23. The summed E-state index contributed by atoms with van der Waals surface area (Å²) in [5.41, 5.74) is 1.15. The van der Waals surface area contributed by atoms with Gasteiger partial charge in [0.1, 0.15) is 12.5 Å². The zero-order chi connectivity index (χ0) is 12.5. The van der Waals surface area contributed by atoms with E-state index in [1.54, 1.807) is 7.11 Å². The van der Waals surface area contributed by atoms with E-state index in [1.807, 2.05) is 24.3 Å². The average Bonchev–Trinajstić information content (AvgIpc) is 2.37. The molecule has 5 heteroatoms. The van der Waals surface area contributed by atoms with Gasteiger partial charge in [-0.2, -0.15) is 0 Å². The number of amides is 2. The molecular formula is C12H18N2O3. The van der Waals surface area contributed by atoms with Crippen molar-refractivity contribution >= 4 is 6.03 Å². The summed E-state index contributed by atoms with van der Waals surface area (Å²) in [6.45, 7) is 0.802. The molecule has 1 aromatic rings. The van der Waals surface area contributed by atoms with Crippen molar-refractivity contribution in [2.24, 2.45) is 0 Å². The third-order valence-electron chi connectivity index (χ3n) is 2.24. The van der Waals surface area contributed by atoms with Crippen molar-refractivity contribution in [1.29, 1.82) is 0 Å². The molecule has 94 valence electrons. The van der Waals surface area contributed by atoms with E-state index >= 15 is 0 Å². The molecule has 0 saturated carbocycles. The summed E-state index contributed by atoms with van der Waals surface area (Å²) in [6, 6.07) is 7.54. The highest BCUT2D eigenvalue weighted by Crippen LogP contribution is 2.11. The van der Waals surface area contributed by atoms with E-state index in [4.69, 9.17) is 9.47 Å². The molecule has 0 aliphatic rings. The first-order valence-electron chi connectivity index (χ1n) is 5.40. The summed E-state index contributed by atoms with van der Waals surface area (Å²) < 4.78 is 9.78. The molecule has 0 aliphatic carbocycles. The van der Waals surface area contributed by atoms with Crippen molar-refractivity contribution in [3.05, 3.63) is 29.8 Å². The van der Waals surface area contributed by atoms with Gasteiger partial charge in [0.25, 0.3) is 0 Å². The third kappa shape index (κ3) is 5.21. The van der Waals surface area contributed by atoms with Gasteiger partial charge in [0, 0.05) is 13.7 Å². The molecule has 0 radical (unpaired) electrons. The SMILES string of the molecule is COCNC(=O)NCCc1ccc(OC)cc1. The number of nitrogens with one attached hydrogen (secondary N) is 2. The minimum Gasteiger partial charge on any atom is -0.497 e. The van der Waals surface area contributed by atoms with E-state index in [2.05, 4.69) is 10.6 Å². The predicted molar refractivity (Wildman–Crippen MR) is 65.1 cm³/mol. The van der Waals surface area contributed by atoms with Crippen LogP contribution in [0.25, 0.3) is 0 Å². The van der Waals surface area contributed by atoms with Crippen molar-refractivity contribution in [2.75, 3.05) is 27.5 Å². The minimum absolute atomic E-state index is 0.217. The first kappa shape index (κ1) is 13.3. The van der Waals surface area contributed by atoms with Gasteiger partial charge in [-0.3, -0.25) is 0 Å². The van der Waals surface area contributed by atoms with E-state index < -0.39 is 0 Å². The molecule has 0 aliphatic heterocycles. The molecule has 2 amide bonds. The summed E-state index contributed by atoms with van der Waals surface area (Å²) in [6.07, 6.45) is 0.782. The second-order valence-electron chi connectivity index (χ2n) is 3.46. The van der Waals surface area contributed by atoms with Crippen LogP contribution in [0, 0.1) is 0 Å². The number of carbonyl (C=O) groups excluding carboxylic acids is 1. The normalized spacial score (nSPS) is 9.76. The topological polar surface area (TPSA) is 59.6 Å². The van der Waals surface area contributed by atoms with Gasteiger partial charge in [-0.05, 0) is 24.1 Å². The molecule has 0 spiro atoms. The van der Waals surface area contributed by atoms with Gasteiger partial charge < -0.3 is 20.1 Å². The maximum Gasteiger partial charge on any atom is 0.316 e. The molecule has 0 saturated heterocycles. The third-order valence-corrected chi connectivity index (χ3v) is 2.24. The standard InChI is InChI=1S/C12H18N2O3/c1-16-9-14-12(15)13-8-7-10-3-5-11(17-2)6-4-10/h3-6H,7-9H2,1-2H3,(H2,13,14,15). The molecule has 0 fully saturated rings. The van der Waals surface area contributed by atoms with Crippen LogP contribution in [-0.4, -0.2) is 33.5 Å². The van der Waals surface area contributed by atoms with Gasteiger partial charge in [-0.25, -0.2) is 4.79 Å². The Morgan fingerprint density at radius 3 is 2.47 bits per heavy atom. The van der Waals surface area contributed by atoms with E-state index in [0.717, 1.165) is 17.7 Å². The van der Waals surface area contributed by atoms with Crippen LogP contribution in [-0.2, 0) is 11.2 Å². The van der Waals surface area contributed by atoms with Crippen LogP contribution in [0.4, 0.5) is 4.79 Å². The molecule has 17 heavy (non-hydrogen) atoms. The number of carbonyl (C=O) groups is 1. The Morgan fingerprint density at radius 1 is 1.18 bits per heavy atom. The van der Waals surface area contributed by atoms with Crippen LogP contribution in [0.3, 0.4) is 0 Å². The highest BCUT2D eigenvalue weighted by molar-refractivity contribution is 5.73. The Morgan fingerprint density at radius 2 is 1.88 bits per heavy atom. The number of benzene rings is 1.